The molecule has 0 unspecified atom stereocenters. The molecule has 0 fully saturated rings. The predicted octanol–water partition coefficient (Wildman–Crippen LogP) is 2.43. The fourth-order valence-corrected chi connectivity index (χ4v) is 1.98. The first-order valence-electron chi connectivity index (χ1n) is 6.29. The smallest absolute Gasteiger partial charge is 0.128 e. The highest BCUT2D eigenvalue weighted by molar-refractivity contribution is 5.67. The van der Waals surface area contributed by atoms with E-state index in [1.165, 1.54) is 0 Å². The second kappa shape index (κ2) is 5.69. The lowest BCUT2D eigenvalue weighted by molar-refractivity contribution is 0.341. The van der Waals surface area contributed by atoms with Gasteiger partial charge in [0.15, 0.2) is 0 Å². The Labute approximate surface area is 107 Å². The van der Waals surface area contributed by atoms with Crippen LogP contribution in [0.3, 0.4) is 0 Å². The maximum Gasteiger partial charge on any atom is 0.128 e. The van der Waals surface area contributed by atoms with Crippen LogP contribution in [0, 0.1) is 0 Å². The fourth-order valence-electron chi connectivity index (χ4n) is 1.98. The van der Waals surface area contributed by atoms with E-state index in [1.54, 1.807) is 0 Å². The molecule has 96 valence electrons. The highest BCUT2D eigenvalue weighted by Gasteiger charge is 2.11. The van der Waals surface area contributed by atoms with Crippen molar-refractivity contribution in [3.63, 3.8) is 0 Å². The Morgan fingerprint density at radius 2 is 2.06 bits per heavy atom. The van der Waals surface area contributed by atoms with Gasteiger partial charge in [-0.2, -0.15) is 5.10 Å². The van der Waals surface area contributed by atoms with Gasteiger partial charge in [-0.3, -0.25) is 4.68 Å². The van der Waals surface area contributed by atoms with Gasteiger partial charge < -0.3 is 10.5 Å². The monoisotopic (exact) mass is 245 g/mol. The fraction of sp³-hybridized carbons (Fsp3) is 0.357. The Morgan fingerprint density at radius 3 is 2.67 bits per heavy atom. The number of nitrogens with zero attached hydrogens (tertiary/aromatic N) is 2. The van der Waals surface area contributed by atoms with Crippen LogP contribution in [0.25, 0.3) is 11.3 Å². The van der Waals surface area contributed by atoms with E-state index in [0.29, 0.717) is 13.2 Å². The molecule has 2 aromatic rings. The van der Waals surface area contributed by atoms with Crippen molar-refractivity contribution < 1.29 is 4.74 Å². The standard InChI is InChI=1S/C14H19N3O/c1-3-17-11(10-15)9-13(16-17)12-7-5-6-8-14(12)18-4-2/h5-9H,3-4,10,15H2,1-2H3. The average Bonchev–Trinajstić information content (AvgIpc) is 2.83. The number of ether oxygens (including phenoxy) is 1. The normalized spacial score (nSPS) is 10.6. The number of rotatable bonds is 5. The number of para-hydroxylation sites is 1. The number of aryl methyl sites for hydroxylation is 1. The zero-order valence-electron chi connectivity index (χ0n) is 10.9. The highest BCUT2D eigenvalue weighted by Crippen LogP contribution is 2.29. The number of benzene rings is 1. The zero-order valence-corrected chi connectivity index (χ0v) is 10.9. The summed E-state index contributed by atoms with van der Waals surface area (Å²) in [6, 6.07) is 9.97. The molecule has 0 aliphatic rings. The first-order chi connectivity index (χ1) is 8.80. The minimum atomic E-state index is 0.498. The molecule has 0 bridgehead atoms. The Balaban J connectivity index is 2.44. The van der Waals surface area contributed by atoms with Gasteiger partial charge in [-0.15, -0.1) is 0 Å². The Morgan fingerprint density at radius 1 is 1.28 bits per heavy atom. The minimum Gasteiger partial charge on any atom is -0.493 e. The van der Waals surface area contributed by atoms with E-state index >= 15 is 0 Å². The van der Waals surface area contributed by atoms with Crippen LogP contribution >= 0.6 is 0 Å². The Hall–Kier alpha value is -1.81. The van der Waals surface area contributed by atoms with Gasteiger partial charge in [-0.25, -0.2) is 0 Å². The summed E-state index contributed by atoms with van der Waals surface area (Å²) in [6.07, 6.45) is 0. The van der Waals surface area contributed by atoms with E-state index in [4.69, 9.17) is 10.5 Å². The molecule has 2 rings (SSSR count). The number of nitrogens with two attached hydrogens (primary N) is 1. The second-order valence-corrected chi connectivity index (χ2v) is 3.97. The van der Waals surface area contributed by atoms with Crippen LogP contribution in [0.15, 0.2) is 30.3 Å². The van der Waals surface area contributed by atoms with Gasteiger partial charge in [-0.05, 0) is 32.0 Å². The summed E-state index contributed by atoms with van der Waals surface area (Å²) in [4.78, 5) is 0. The van der Waals surface area contributed by atoms with Crippen LogP contribution in [0.4, 0.5) is 0 Å². The van der Waals surface area contributed by atoms with Crippen LogP contribution < -0.4 is 10.5 Å². The number of hydrogen-bond acceptors (Lipinski definition) is 3. The molecule has 2 N–H and O–H groups in total. The van der Waals surface area contributed by atoms with Crippen LogP contribution in [0.2, 0.25) is 0 Å². The van der Waals surface area contributed by atoms with Gasteiger partial charge in [0, 0.05) is 18.7 Å². The van der Waals surface area contributed by atoms with Crippen molar-refractivity contribution >= 4 is 0 Å². The molecule has 4 nitrogen and oxygen atoms in total. The van der Waals surface area contributed by atoms with Gasteiger partial charge >= 0.3 is 0 Å². The predicted molar refractivity (Wildman–Crippen MR) is 72.4 cm³/mol. The molecule has 1 heterocycles. The van der Waals surface area contributed by atoms with Crippen LogP contribution in [-0.4, -0.2) is 16.4 Å². The van der Waals surface area contributed by atoms with Gasteiger partial charge in [0.1, 0.15) is 5.75 Å². The third-order valence-corrected chi connectivity index (χ3v) is 2.83. The molecule has 0 saturated carbocycles. The number of hydrogen-bond donors (Lipinski definition) is 1. The van der Waals surface area contributed by atoms with Gasteiger partial charge in [0.25, 0.3) is 0 Å². The van der Waals surface area contributed by atoms with Gasteiger partial charge in [-0.1, -0.05) is 12.1 Å². The average molecular weight is 245 g/mol. The van der Waals surface area contributed by atoms with Crippen molar-refractivity contribution in [3.05, 3.63) is 36.0 Å². The van der Waals surface area contributed by atoms with E-state index in [0.717, 1.165) is 29.2 Å². The van der Waals surface area contributed by atoms with E-state index in [1.807, 2.05) is 41.9 Å². The summed E-state index contributed by atoms with van der Waals surface area (Å²) in [6.45, 7) is 6.01. The quantitative estimate of drug-likeness (QED) is 0.880. The van der Waals surface area contributed by atoms with Gasteiger partial charge in [0.05, 0.1) is 18.0 Å². The Bertz CT molecular complexity index is 498. The van der Waals surface area contributed by atoms with Crippen molar-refractivity contribution in [2.45, 2.75) is 26.9 Å². The third kappa shape index (κ3) is 2.38. The van der Waals surface area contributed by atoms with Crippen molar-refractivity contribution in [1.29, 1.82) is 0 Å². The molecule has 1 aromatic heterocycles. The highest BCUT2D eigenvalue weighted by atomic mass is 16.5. The maximum absolute atomic E-state index is 5.72. The third-order valence-electron chi connectivity index (χ3n) is 2.83. The lowest BCUT2D eigenvalue weighted by atomic mass is 10.1. The SMILES string of the molecule is CCOc1ccccc1-c1cc(CN)n(CC)n1. The number of aromatic nitrogens is 2. The summed E-state index contributed by atoms with van der Waals surface area (Å²) < 4.78 is 7.56. The molecule has 0 aliphatic carbocycles. The molecule has 18 heavy (non-hydrogen) atoms. The van der Waals surface area contributed by atoms with Crippen molar-refractivity contribution in [2.24, 2.45) is 5.73 Å². The molecule has 4 heteroatoms. The van der Waals surface area contributed by atoms with Crippen molar-refractivity contribution in [2.75, 3.05) is 6.61 Å². The van der Waals surface area contributed by atoms with E-state index < -0.39 is 0 Å². The summed E-state index contributed by atoms with van der Waals surface area (Å²) in [5.41, 5.74) is 8.70. The first-order valence-corrected chi connectivity index (χ1v) is 6.29. The summed E-state index contributed by atoms with van der Waals surface area (Å²) in [7, 11) is 0. The topological polar surface area (TPSA) is 53.1 Å². The molecular weight excluding hydrogens is 226 g/mol. The molecule has 1 aromatic carbocycles. The summed E-state index contributed by atoms with van der Waals surface area (Å²) in [5.74, 6) is 0.865. The molecule has 0 radical (unpaired) electrons. The van der Waals surface area contributed by atoms with Crippen LogP contribution in [0.1, 0.15) is 19.5 Å². The summed E-state index contributed by atoms with van der Waals surface area (Å²) in [5, 5.41) is 4.57. The minimum absolute atomic E-state index is 0.498. The molecule has 0 aliphatic heterocycles. The molecule has 0 saturated heterocycles. The van der Waals surface area contributed by atoms with Gasteiger partial charge in [0.2, 0.25) is 0 Å². The Kier molecular flexibility index (Phi) is 3.99. The molecule has 0 spiro atoms. The molecular formula is C14H19N3O. The second-order valence-electron chi connectivity index (χ2n) is 3.97. The first kappa shape index (κ1) is 12.6. The van der Waals surface area contributed by atoms with Crippen molar-refractivity contribution in [3.8, 4) is 17.0 Å². The maximum atomic E-state index is 5.72. The lowest BCUT2D eigenvalue weighted by Crippen LogP contribution is -2.06. The van der Waals surface area contributed by atoms with Crippen LogP contribution in [0.5, 0.6) is 5.75 Å². The zero-order chi connectivity index (χ0) is 13.0. The van der Waals surface area contributed by atoms with E-state index in [2.05, 4.69) is 12.0 Å². The van der Waals surface area contributed by atoms with Crippen LogP contribution in [-0.2, 0) is 13.1 Å². The summed E-state index contributed by atoms with van der Waals surface area (Å²) >= 11 is 0. The van der Waals surface area contributed by atoms with Crippen molar-refractivity contribution in [1.82, 2.24) is 9.78 Å². The lowest BCUT2D eigenvalue weighted by Gasteiger charge is -2.07. The van der Waals surface area contributed by atoms with E-state index in [9.17, 15) is 0 Å². The van der Waals surface area contributed by atoms with E-state index in [-0.39, 0.29) is 0 Å². The molecule has 0 atom stereocenters. The molecule has 0 amide bonds. The largest absolute Gasteiger partial charge is 0.493 e.